The van der Waals surface area contributed by atoms with Crippen LogP contribution in [0.25, 0.3) is 0 Å². The number of rotatable bonds is 13. The summed E-state index contributed by atoms with van der Waals surface area (Å²) >= 11 is 0. The molecular weight excluding hydrogens is 539 g/mol. The number of fused-ring (bicyclic) bond motifs is 1. The lowest BCUT2D eigenvalue weighted by Gasteiger charge is -2.30. The molecule has 40 heavy (non-hydrogen) atoms. The fraction of sp³-hybridized carbons (Fsp3) is 0.552. The minimum absolute atomic E-state index is 0.0648. The van der Waals surface area contributed by atoms with Crippen molar-refractivity contribution < 1.29 is 36.9 Å². The Balaban J connectivity index is 1.68. The van der Waals surface area contributed by atoms with Gasteiger partial charge >= 0.3 is 5.97 Å². The van der Waals surface area contributed by atoms with Gasteiger partial charge in [-0.15, -0.1) is 0 Å². The van der Waals surface area contributed by atoms with Crippen molar-refractivity contribution in [2.24, 2.45) is 11.8 Å². The van der Waals surface area contributed by atoms with E-state index < -0.39 is 39.7 Å². The van der Waals surface area contributed by atoms with Crippen molar-refractivity contribution in [3.63, 3.8) is 0 Å². The number of hydrogen-bond acceptors (Lipinski definition) is 7. The van der Waals surface area contributed by atoms with E-state index in [0.29, 0.717) is 49.5 Å². The van der Waals surface area contributed by atoms with E-state index in [9.17, 15) is 22.7 Å². The number of methoxy groups -OCH3 is 1. The van der Waals surface area contributed by atoms with E-state index in [1.165, 1.54) is 23.5 Å². The standard InChI is InChI=1S/C29H39FN2O7S/c1-5-11-32(40(35,36)14-10-19(2)3)13-12-31-17-22(20-6-9-25-26(16-20)39-18-38-25)27(29(33)34)28(31)21-7-8-24(37-4)23(30)15-21/h6-9,15-16,19,22,27-28H,5,10-14,17-18H2,1-4H3,(H,33,34). The Morgan fingerprint density at radius 2 is 1.88 bits per heavy atom. The molecule has 0 aliphatic carbocycles. The van der Waals surface area contributed by atoms with Gasteiger partial charge in [0.25, 0.3) is 0 Å². The average Bonchev–Trinajstić information content (AvgIpc) is 3.54. The lowest BCUT2D eigenvalue weighted by molar-refractivity contribution is -0.143. The van der Waals surface area contributed by atoms with Crippen molar-refractivity contribution in [1.82, 2.24) is 9.21 Å². The van der Waals surface area contributed by atoms with Crippen molar-refractivity contribution in [3.8, 4) is 17.2 Å². The molecule has 3 unspecified atom stereocenters. The Morgan fingerprint density at radius 3 is 2.52 bits per heavy atom. The number of carbonyl (C=O) groups is 1. The molecule has 0 radical (unpaired) electrons. The van der Waals surface area contributed by atoms with Crippen LogP contribution in [0.2, 0.25) is 0 Å². The lowest BCUT2D eigenvalue weighted by atomic mass is 9.82. The number of nitrogens with zero attached hydrogens (tertiary/aromatic N) is 2. The molecule has 220 valence electrons. The van der Waals surface area contributed by atoms with Crippen LogP contribution in [-0.4, -0.2) is 74.5 Å². The fourth-order valence-corrected chi connectivity index (χ4v) is 7.45. The number of aliphatic carboxylic acids is 1. The molecule has 2 aromatic carbocycles. The average molecular weight is 579 g/mol. The van der Waals surface area contributed by atoms with E-state index in [4.69, 9.17) is 14.2 Å². The van der Waals surface area contributed by atoms with Crippen LogP contribution < -0.4 is 14.2 Å². The van der Waals surface area contributed by atoms with Gasteiger partial charge in [0.15, 0.2) is 23.1 Å². The Hall–Kier alpha value is -2.89. The molecule has 2 aliphatic heterocycles. The molecule has 2 heterocycles. The van der Waals surface area contributed by atoms with Crippen molar-refractivity contribution in [1.29, 1.82) is 0 Å². The first-order valence-corrected chi connectivity index (χ1v) is 15.3. The highest BCUT2D eigenvalue weighted by Crippen LogP contribution is 2.48. The highest BCUT2D eigenvalue weighted by molar-refractivity contribution is 7.89. The summed E-state index contributed by atoms with van der Waals surface area (Å²) in [6.07, 6.45) is 1.22. The van der Waals surface area contributed by atoms with Gasteiger partial charge in [-0.3, -0.25) is 9.69 Å². The Labute approximate surface area is 235 Å². The second-order valence-electron chi connectivity index (χ2n) is 10.8. The number of likely N-dealkylation sites (tertiary alicyclic amines) is 1. The normalized spacial score (nSPS) is 20.9. The third kappa shape index (κ3) is 6.53. The molecule has 0 aromatic heterocycles. The molecule has 1 fully saturated rings. The van der Waals surface area contributed by atoms with E-state index in [1.54, 1.807) is 18.2 Å². The van der Waals surface area contributed by atoms with Gasteiger partial charge in [-0.2, -0.15) is 0 Å². The summed E-state index contributed by atoms with van der Waals surface area (Å²) in [4.78, 5) is 14.8. The second kappa shape index (κ2) is 12.7. The molecule has 0 bridgehead atoms. The number of ether oxygens (including phenoxy) is 3. The molecule has 0 saturated carbocycles. The fourth-order valence-electron chi connectivity index (χ4n) is 5.60. The molecular formula is C29H39FN2O7S. The van der Waals surface area contributed by atoms with Crippen LogP contribution in [0, 0.1) is 17.7 Å². The summed E-state index contributed by atoms with van der Waals surface area (Å²) in [7, 11) is -2.12. The highest BCUT2D eigenvalue weighted by atomic mass is 32.2. The monoisotopic (exact) mass is 578 g/mol. The second-order valence-corrected chi connectivity index (χ2v) is 12.9. The molecule has 2 aromatic rings. The summed E-state index contributed by atoms with van der Waals surface area (Å²) in [6, 6.07) is 9.22. The first-order valence-electron chi connectivity index (χ1n) is 13.7. The zero-order chi connectivity index (χ0) is 29.0. The van der Waals surface area contributed by atoms with Crippen molar-refractivity contribution in [3.05, 3.63) is 53.3 Å². The maximum absolute atomic E-state index is 14.8. The number of hydrogen-bond donors (Lipinski definition) is 1. The van der Waals surface area contributed by atoms with Crippen LogP contribution in [0.15, 0.2) is 36.4 Å². The van der Waals surface area contributed by atoms with Gasteiger partial charge in [-0.25, -0.2) is 17.1 Å². The zero-order valence-electron chi connectivity index (χ0n) is 23.5. The zero-order valence-corrected chi connectivity index (χ0v) is 24.3. The summed E-state index contributed by atoms with van der Waals surface area (Å²) in [5, 5.41) is 10.5. The summed E-state index contributed by atoms with van der Waals surface area (Å²) in [5.41, 5.74) is 1.27. The third-order valence-electron chi connectivity index (χ3n) is 7.68. The summed E-state index contributed by atoms with van der Waals surface area (Å²) < 4.78 is 58.8. The molecule has 0 amide bonds. The Morgan fingerprint density at radius 1 is 1.15 bits per heavy atom. The van der Waals surface area contributed by atoms with Crippen LogP contribution in [0.5, 0.6) is 17.2 Å². The van der Waals surface area contributed by atoms with Gasteiger partial charge in [0.2, 0.25) is 16.8 Å². The van der Waals surface area contributed by atoms with Gasteiger partial charge in [0.1, 0.15) is 0 Å². The van der Waals surface area contributed by atoms with E-state index in [1.807, 2.05) is 31.7 Å². The molecule has 3 atom stereocenters. The van der Waals surface area contributed by atoms with E-state index in [0.717, 1.165) is 5.56 Å². The maximum Gasteiger partial charge on any atom is 0.309 e. The summed E-state index contributed by atoms with van der Waals surface area (Å²) in [5.74, 6) is -1.41. The van der Waals surface area contributed by atoms with Crippen molar-refractivity contribution in [2.75, 3.05) is 45.8 Å². The summed E-state index contributed by atoms with van der Waals surface area (Å²) in [6.45, 7) is 7.25. The molecule has 11 heteroatoms. The van der Waals surface area contributed by atoms with Gasteiger partial charge < -0.3 is 19.3 Å². The van der Waals surface area contributed by atoms with Crippen molar-refractivity contribution in [2.45, 2.75) is 45.6 Å². The van der Waals surface area contributed by atoms with Crippen LogP contribution in [0.3, 0.4) is 0 Å². The van der Waals surface area contributed by atoms with Crippen LogP contribution in [0.1, 0.15) is 56.7 Å². The largest absolute Gasteiger partial charge is 0.494 e. The minimum Gasteiger partial charge on any atom is -0.494 e. The smallest absolute Gasteiger partial charge is 0.309 e. The maximum atomic E-state index is 14.8. The van der Waals surface area contributed by atoms with Crippen LogP contribution in [0.4, 0.5) is 4.39 Å². The van der Waals surface area contributed by atoms with E-state index in [2.05, 4.69) is 0 Å². The topological polar surface area (TPSA) is 106 Å². The molecule has 2 aliphatic rings. The molecule has 1 saturated heterocycles. The quantitative estimate of drug-likeness (QED) is 0.371. The van der Waals surface area contributed by atoms with E-state index in [-0.39, 0.29) is 30.8 Å². The van der Waals surface area contributed by atoms with Crippen LogP contribution >= 0.6 is 0 Å². The van der Waals surface area contributed by atoms with Gasteiger partial charge in [0.05, 0.1) is 18.8 Å². The predicted octanol–water partition coefficient (Wildman–Crippen LogP) is 4.49. The molecule has 9 nitrogen and oxygen atoms in total. The molecule has 0 spiro atoms. The number of carboxylic acid groups (broad SMARTS) is 1. The SMILES string of the molecule is CCCN(CCN1CC(c2ccc3c(c2)OCO3)C(C(=O)O)C1c1ccc(OC)c(F)c1)S(=O)(=O)CCC(C)C. The molecule has 1 N–H and O–H groups in total. The predicted molar refractivity (Wildman–Crippen MR) is 149 cm³/mol. The third-order valence-corrected chi connectivity index (χ3v) is 9.59. The lowest BCUT2D eigenvalue weighted by Crippen LogP contribution is -2.41. The van der Waals surface area contributed by atoms with Gasteiger partial charge in [-0.05, 0) is 54.2 Å². The number of carboxylic acids is 1. The van der Waals surface area contributed by atoms with Crippen molar-refractivity contribution >= 4 is 16.0 Å². The number of sulfonamides is 1. The number of benzene rings is 2. The molecule has 4 rings (SSSR count). The van der Waals surface area contributed by atoms with Gasteiger partial charge in [0, 0.05) is 38.1 Å². The number of halogens is 1. The van der Waals surface area contributed by atoms with Gasteiger partial charge in [-0.1, -0.05) is 32.9 Å². The Kier molecular flexibility index (Phi) is 9.58. The highest BCUT2D eigenvalue weighted by Gasteiger charge is 2.48. The van der Waals surface area contributed by atoms with Crippen LogP contribution in [-0.2, 0) is 14.8 Å². The van der Waals surface area contributed by atoms with E-state index >= 15 is 0 Å². The Bertz CT molecular complexity index is 1300. The first-order chi connectivity index (χ1) is 19.1. The first kappa shape index (κ1) is 30.1. The minimum atomic E-state index is -3.49.